The number of hydrogen-bond acceptors (Lipinski definition) is 12. The van der Waals surface area contributed by atoms with Crippen LogP contribution in [0.1, 0.15) is 81.4 Å². The Morgan fingerprint density at radius 3 is 2.09 bits per heavy atom. The number of aromatic amines is 1. The monoisotopic (exact) mass is 1070 g/mol. The number of guanidine groups is 2. The predicted octanol–water partition coefficient (Wildman–Crippen LogP) is -3.41. The molecule has 3 aromatic rings. The molecule has 20 N–H and O–H groups in total. The first-order valence-electron chi connectivity index (χ1n) is 25.2. The number of hydrogen-bond donors (Lipinski definition) is 16. The van der Waals surface area contributed by atoms with Crippen molar-refractivity contribution >= 4 is 81.9 Å². The van der Waals surface area contributed by atoms with Gasteiger partial charge in [-0.2, -0.15) is 0 Å². The van der Waals surface area contributed by atoms with Crippen LogP contribution < -0.4 is 70.8 Å². The van der Waals surface area contributed by atoms with E-state index in [-0.39, 0.29) is 95.8 Å². The summed E-state index contributed by atoms with van der Waals surface area (Å²) in [7, 11) is 1.55. The molecule has 10 amide bonds. The van der Waals surface area contributed by atoms with Crippen LogP contribution in [0.15, 0.2) is 54.7 Å². The summed E-state index contributed by atoms with van der Waals surface area (Å²) in [5.41, 5.74) is 25.1. The van der Waals surface area contributed by atoms with Gasteiger partial charge in [0.05, 0.1) is 6.42 Å². The van der Waals surface area contributed by atoms with Gasteiger partial charge in [0.1, 0.15) is 42.3 Å². The van der Waals surface area contributed by atoms with Gasteiger partial charge >= 0.3 is 0 Å². The molecule has 0 radical (unpaired) electrons. The number of primary amides is 2. The Hall–Kier alpha value is -8.78. The Morgan fingerprint density at radius 1 is 0.779 bits per heavy atom. The summed E-state index contributed by atoms with van der Waals surface area (Å²) in [4.78, 5) is 142. The number of para-hydroxylation sites is 1. The van der Waals surface area contributed by atoms with E-state index in [9.17, 15) is 47.9 Å². The van der Waals surface area contributed by atoms with Gasteiger partial charge in [0.25, 0.3) is 0 Å². The van der Waals surface area contributed by atoms with E-state index in [4.69, 9.17) is 33.8 Å². The molecule has 2 heterocycles. The zero-order valence-electron chi connectivity index (χ0n) is 43.5. The third kappa shape index (κ3) is 20.5. The summed E-state index contributed by atoms with van der Waals surface area (Å²) < 4.78 is 0. The SMILES string of the molecule is CC(=O)N[C@@H](CCCNC(=N)N)C(=O)N[C@H]1CCCNC(=O)CCC(C(N)=O)NC(=O)[C@H](Cc2c[nH]c3ccccc23)NC(=O)[C@H](CCCN(C)C(=N)N)NC(=O)[C@@H](Cc2cccc(C)c2)NC(=O)[C@H](CC(N)=O)NC1=O. The van der Waals surface area contributed by atoms with Gasteiger partial charge in [0, 0.05) is 70.0 Å². The molecule has 1 aliphatic heterocycles. The van der Waals surface area contributed by atoms with Crippen molar-refractivity contribution in [2.75, 3.05) is 26.7 Å². The summed E-state index contributed by atoms with van der Waals surface area (Å²) in [6.07, 6.45) is 0.0916. The standard InChI is InChI=1S/C50H73N17O10/c1-27-10-6-11-29(22-27)23-37-46(75)63-36(16-9-21-67(3)50(55)56)45(74)65-38(24-30-26-59-32-13-5-4-12-31(30)32)47(76)61-33(42(52)71)17-18-41(70)57-19-7-15-35(44(73)66-39(25-40(51)69)48(77)64-37)62-43(72)34(60-28(2)68)14-8-20-58-49(53)54/h4-6,10-13,22,26,33-39,59H,7-9,14-21,23-25H2,1-3H3,(H2,51,69)(H2,52,71)(H3,55,56)(H,57,70)(H,60,68)(H,61,76)(H,62,72)(H,63,75)(H,64,77)(H,65,74)(H,66,73)(H4,53,54,58)/t33?,34-,35-,36-,37+,38-,39-/m0/s1. The second-order valence-corrected chi connectivity index (χ2v) is 18.9. The molecular formula is C50H73N17O10. The van der Waals surface area contributed by atoms with Crippen LogP contribution in [-0.4, -0.2) is 150 Å². The molecule has 1 aliphatic rings. The molecule has 27 heteroatoms. The minimum absolute atomic E-state index is 0.0142. The lowest BCUT2D eigenvalue weighted by atomic mass is 10.0. The second-order valence-electron chi connectivity index (χ2n) is 18.9. The number of aryl methyl sites for hydroxylation is 1. The molecule has 1 fully saturated rings. The van der Waals surface area contributed by atoms with E-state index in [2.05, 4.69) is 52.8 Å². The van der Waals surface area contributed by atoms with Crippen molar-refractivity contribution in [3.63, 3.8) is 0 Å². The summed E-state index contributed by atoms with van der Waals surface area (Å²) >= 11 is 0. The molecule has 77 heavy (non-hydrogen) atoms. The maximum absolute atomic E-state index is 14.7. The Balaban J connectivity index is 1.79. The van der Waals surface area contributed by atoms with Crippen molar-refractivity contribution in [1.29, 1.82) is 10.8 Å². The minimum Gasteiger partial charge on any atom is -0.370 e. The molecule has 27 nitrogen and oxygen atoms in total. The largest absolute Gasteiger partial charge is 0.370 e. The molecule has 0 saturated carbocycles. The first-order valence-corrected chi connectivity index (χ1v) is 25.2. The number of carbonyl (C=O) groups is 10. The van der Waals surface area contributed by atoms with Crippen LogP contribution >= 0.6 is 0 Å². The molecule has 0 bridgehead atoms. The van der Waals surface area contributed by atoms with Gasteiger partial charge in [-0.1, -0.05) is 48.0 Å². The van der Waals surface area contributed by atoms with Crippen molar-refractivity contribution in [2.24, 2.45) is 22.9 Å². The Labute approximate surface area is 445 Å². The lowest BCUT2D eigenvalue weighted by Crippen LogP contribution is -2.61. The van der Waals surface area contributed by atoms with Crippen molar-refractivity contribution in [2.45, 2.75) is 127 Å². The van der Waals surface area contributed by atoms with E-state index >= 15 is 0 Å². The van der Waals surface area contributed by atoms with E-state index in [0.717, 1.165) is 16.5 Å². The molecule has 7 atom stereocenters. The highest BCUT2D eigenvalue weighted by atomic mass is 16.2. The maximum atomic E-state index is 14.7. The first-order chi connectivity index (χ1) is 36.5. The lowest BCUT2D eigenvalue weighted by molar-refractivity contribution is -0.136. The zero-order valence-corrected chi connectivity index (χ0v) is 43.5. The van der Waals surface area contributed by atoms with Gasteiger partial charge in [-0.25, -0.2) is 0 Å². The Morgan fingerprint density at radius 2 is 1.43 bits per heavy atom. The molecule has 0 spiro atoms. The highest BCUT2D eigenvalue weighted by Crippen LogP contribution is 2.20. The number of fused-ring (bicyclic) bond motifs is 1. The van der Waals surface area contributed by atoms with Crippen molar-refractivity contribution in [3.05, 3.63) is 71.4 Å². The normalized spacial score (nSPS) is 20.8. The summed E-state index contributed by atoms with van der Waals surface area (Å²) in [6, 6.07) is 4.00. The summed E-state index contributed by atoms with van der Waals surface area (Å²) in [5.74, 6) is -9.25. The van der Waals surface area contributed by atoms with Crippen LogP contribution in [0.25, 0.3) is 10.9 Å². The Bertz CT molecular complexity index is 2640. The number of nitrogens with two attached hydrogens (primary N) is 4. The van der Waals surface area contributed by atoms with Gasteiger partial charge in [-0.15, -0.1) is 0 Å². The number of benzene rings is 2. The fourth-order valence-electron chi connectivity index (χ4n) is 8.48. The molecular weight excluding hydrogens is 999 g/mol. The third-order valence-electron chi connectivity index (χ3n) is 12.6. The van der Waals surface area contributed by atoms with E-state index in [0.29, 0.717) is 11.1 Å². The number of nitrogens with one attached hydrogen (secondary N) is 12. The first kappa shape index (κ1) is 60.8. The number of amides is 10. The van der Waals surface area contributed by atoms with Crippen molar-refractivity contribution in [3.8, 4) is 0 Å². The smallest absolute Gasteiger partial charge is 0.243 e. The predicted molar refractivity (Wildman–Crippen MR) is 283 cm³/mol. The zero-order chi connectivity index (χ0) is 56.8. The molecule has 4 rings (SSSR count). The van der Waals surface area contributed by atoms with Gasteiger partial charge in [0.15, 0.2) is 11.9 Å². The van der Waals surface area contributed by atoms with Gasteiger partial charge < -0.3 is 80.7 Å². The minimum atomic E-state index is -1.75. The third-order valence-corrected chi connectivity index (χ3v) is 12.6. The highest BCUT2D eigenvalue weighted by molar-refractivity contribution is 5.99. The van der Waals surface area contributed by atoms with Crippen molar-refractivity contribution < 1.29 is 47.9 Å². The van der Waals surface area contributed by atoms with Gasteiger partial charge in [-0.05, 0) is 69.1 Å². The number of nitrogens with zero attached hydrogens (tertiary/aromatic N) is 1. The lowest BCUT2D eigenvalue weighted by Gasteiger charge is -2.28. The molecule has 0 aliphatic carbocycles. The fourth-order valence-corrected chi connectivity index (χ4v) is 8.48. The van der Waals surface area contributed by atoms with Gasteiger partial charge in [-0.3, -0.25) is 58.8 Å². The topological polar surface area (TPSA) is 450 Å². The van der Waals surface area contributed by atoms with Crippen LogP contribution in [0.5, 0.6) is 0 Å². The maximum Gasteiger partial charge on any atom is 0.243 e. The van der Waals surface area contributed by atoms with Crippen LogP contribution in [0.2, 0.25) is 0 Å². The number of carbonyl (C=O) groups excluding carboxylic acids is 10. The van der Waals surface area contributed by atoms with Crippen molar-refractivity contribution in [1.82, 2.24) is 57.7 Å². The van der Waals surface area contributed by atoms with E-state index in [1.165, 1.54) is 11.8 Å². The van der Waals surface area contributed by atoms with E-state index < -0.39 is 108 Å². The summed E-state index contributed by atoms with van der Waals surface area (Å²) in [6.45, 7) is 3.21. The molecule has 2 aromatic carbocycles. The number of aromatic nitrogens is 1. The van der Waals surface area contributed by atoms with Crippen LogP contribution in [-0.2, 0) is 60.8 Å². The van der Waals surface area contributed by atoms with E-state index in [1.807, 2.05) is 6.07 Å². The van der Waals surface area contributed by atoms with Crippen LogP contribution in [0.4, 0.5) is 0 Å². The second kappa shape index (κ2) is 29.9. The van der Waals surface area contributed by atoms with Crippen LogP contribution in [0.3, 0.4) is 0 Å². The van der Waals surface area contributed by atoms with Crippen LogP contribution in [0, 0.1) is 17.7 Å². The molecule has 1 unspecified atom stereocenters. The number of H-pyrrole nitrogens is 1. The summed E-state index contributed by atoms with van der Waals surface area (Å²) in [5, 5.41) is 39.5. The molecule has 1 saturated heterocycles. The average molecular weight is 1070 g/mol. The number of rotatable bonds is 18. The highest BCUT2D eigenvalue weighted by Gasteiger charge is 2.35. The molecule has 418 valence electrons. The molecule has 1 aromatic heterocycles. The Kier molecular flexibility index (Phi) is 23.6. The quantitative estimate of drug-likeness (QED) is 0.0336. The van der Waals surface area contributed by atoms with Gasteiger partial charge in [0.2, 0.25) is 59.1 Å². The van der Waals surface area contributed by atoms with E-state index in [1.54, 1.807) is 62.6 Å². The fraction of sp³-hybridized carbons (Fsp3) is 0.480. The average Bonchev–Trinajstić information content (AvgIpc) is 3.77.